The molecule has 0 radical (unpaired) electrons. The zero-order chi connectivity index (χ0) is 10.6. The maximum atomic E-state index is 10.3. The summed E-state index contributed by atoms with van der Waals surface area (Å²) in [7, 11) is 0. The van der Waals surface area contributed by atoms with E-state index < -0.39 is 5.97 Å². The number of carboxylic acid groups (broad SMARTS) is 1. The van der Waals surface area contributed by atoms with Gasteiger partial charge in [-0.15, -0.1) is 0 Å². The molecule has 1 unspecified atom stereocenters. The molecule has 5 heteroatoms. The van der Waals surface area contributed by atoms with Crippen molar-refractivity contribution in [3.8, 4) is 0 Å². The van der Waals surface area contributed by atoms with Crippen LogP contribution in [0.25, 0.3) is 0 Å². The summed E-state index contributed by atoms with van der Waals surface area (Å²) in [5.41, 5.74) is 6.47. The Bertz CT molecular complexity index is 313. The molecule has 3 N–H and O–H groups in total. The van der Waals surface area contributed by atoms with E-state index in [9.17, 15) is 4.79 Å². The molecule has 0 aliphatic carbocycles. The van der Waals surface area contributed by atoms with E-state index in [1.54, 1.807) is 12.3 Å². The van der Waals surface area contributed by atoms with E-state index in [0.717, 1.165) is 10.2 Å². The van der Waals surface area contributed by atoms with E-state index >= 15 is 0 Å². The minimum absolute atomic E-state index is 0.0684. The third-order valence-electron chi connectivity index (χ3n) is 1.80. The summed E-state index contributed by atoms with van der Waals surface area (Å²) >= 11 is 3.26. The van der Waals surface area contributed by atoms with Gasteiger partial charge in [0.05, 0.1) is 5.69 Å². The van der Waals surface area contributed by atoms with Crippen LogP contribution in [0.2, 0.25) is 0 Å². The average Bonchev–Trinajstić information content (AvgIpc) is 2.15. The fraction of sp³-hybridized carbons (Fsp3) is 0.333. The van der Waals surface area contributed by atoms with Crippen LogP contribution in [0.15, 0.2) is 22.8 Å². The summed E-state index contributed by atoms with van der Waals surface area (Å²) in [6.07, 6.45) is 2.12. The molecule has 0 aromatic carbocycles. The van der Waals surface area contributed by atoms with E-state index in [1.807, 2.05) is 6.07 Å². The number of halogens is 1. The lowest BCUT2D eigenvalue weighted by atomic mass is 10.1. The first-order valence-corrected chi connectivity index (χ1v) is 4.97. The monoisotopic (exact) mass is 258 g/mol. The molecule has 0 bridgehead atoms. The Morgan fingerprint density at radius 1 is 1.64 bits per heavy atom. The van der Waals surface area contributed by atoms with Crippen molar-refractivity contribution < 1.29 is 9.90 Å². The molecular weight excluding hydrogens is 248 g/mol. The van der Waals surface area contributed by atoms with Gasteiger partial charge in [0.25, 0.3) is 0 Å². The van der Waals surface area contributed by atoms with Crippen molar-refractivity contribution in [3.63, 3.8) is 0 Å². The Labute approximate surface area is 90.3 Å². The predicted molar refractivity (Wildman–Crippen MR) is 55.7 cm³/mol. The third-order valence-corrected chi connectivity index (χ3v) is 2.27. The number of aliphatic carboxylic acids is 1. The van der Waals surface area contributed by atoms with Crippen LogP contribution in [0.1, 0.15) is 24.6 Å². The zero-order valence-corrected chi connectivity index (χ0v) is 9.07. The summed E-state index contributed by atoms with van der Waals surface area (Å²) in [5.74, 6) is -0.836. The second kappa shape index (κ2) is 5.07. The van der Waals surface area contributed by atoms with Gasteiger partial charge in [-0.1, -0.05) is 0 Å². The van der Waals surface area contributed by atoms with E-state index in [0.29, 0.717) is 6.42 Å². The number of carbonyl (C=O) groups is 1. The molecule has 4 nitrogen and oxygen atoms in total. The number of aromatic nitrogens is 1. The van der Waals surface area contributed by atoms with Gasteiger partial charge in [-0.05, 0) is 34.5 Å². The van der Waals surface area contributed by atoms with E-state index in [1.165, 1.54) is 0 Å². The van der Waals surface area contributed by atoms with Crippen molar-refractivity contribution in [1.82, 2.24) is 4.98 Å². The molecule has 0 saturated carbocycles. The summed E-state index contributed by atoms with van der Waals surface area (Å²) in [4.78, 5) is 14.4. The summed E-state index contributed by atoms with van der Waals surface area (Å²) < 4.78 is 0.881. The normalized spacial score (nSPS) is 12.4. The highest BCUT2D eigenvalue weighted by molar-refractivity contribution is 9.10. The maximum absolute atomic E-state index is 10.3. The van der Waals surface area contributed by atoms with Gasteiger partial charge < -0.3 is 10.8 Å². The van der Waals surface area contributed by atoms with Gasteiger partial charge in [0.2, 0.25) is 0 Å². The van der Waals surface area contributed by atoms with E-state index in [-0.39, 0.29) is 12.5 Å². The minimum atomic E-state index is -0.836. The van der Waals surface area contributed by atoms with Crippen molar-refractivity contribution in [2.45, 2.75) is 18.9 Å². The molecule has 0 fully saturated rings. The second-order valence-corrected chi connectivity index (χ2v) is 3.86. The number of carboxylic acids is 1. The lowest BCUT2D eigenvalue weighted by Gasteiger charge is -2.08. The second-order valence-electron chi connectivity index (χ2n) is 2.94. The van der Waals surface area contributed by atoms with Gasteiger partial charge in [-0.25, -0.2) is 0 Å². The molecule has 1 aromatic rings. The van der Waals surface area contributed by atoms with Gasteiger partial charge in [0, 0.05) is 23.1 Å². The molecule has 0 amide bonds. The number of nitrogens with two attached hydrogens (primary N) is 1. The molecule has 0 spiro atoms. The quantitative estimate of drug-likeness (QED) is 0.862. The smallest absolute Gasteiger partial charge is 0.303 e. The molecule has 1 heterocycles. The molecule has 0 aliphatic rings. The topological polar surface area (TPSA) is 76.2 Å². The van der Waals surface area contributed by atoms with Crippen LogP contribution in [0.5, 0.6) is 0 Å². The van der Waals surface area contributed by atoms with E-state index in [2.05, 4.69) is 20.9 Å². The third kappa shape index (κ3) is 3.43. The highest BCUT2D eigenvalue weighted by atomic mass is 79.9. The first-order chi connectivity index (χ1) is 6.59. The fourth-order valence-electron chi connectivity index (χ4n) is 1.03. The molecule has 1 atom stereocenters. The summed E-state index contributed by atoms with van der Waals surface area (Å²) in [6.45, 7) is 0. The molecule has 0 saturated heterocycles. The lowest BCUT2D eigenvalue weighted by molar-refractivity contribution is -0.137. The van der Waals surface area contributed by atoms with Gasteiger partial charge in [-0.3, -0.25) is 9.78 Å². The van der Waals surface area contributed by atoms with Crippen molar-refractivity contribution in [2.24, 2.45) is 5.73 Å². The summed E-state index contributed by atoms with van der Waals surface area (Å²) in [6, 6.07) is 3.32. The Hall–Kier alpha value is -0.940. The Morgan fingerprint density at radius 3 is 2.86 bits per heavy atom. The number of hydrogen-bond acceptors (Lipinski definition) is 3. The maximum Gasteiger partial charge on any atom is 0.303 e. The largest absolute Gasteiger partial charge is 0.481 e. The van der Waals surface area contributed by atoms with Crippen LogP contribution in [-0.2, 0) is 4.79 Å². The van der Waals surface area contributed by atoms with Gasteiger partial charge in [-0.2, -0.15) is 0 Å². The number of hydrogen-bond donors (Lipinski definition) is 2. The lowest BCUT2D eigenvalue weighted by Crippen LogP contribution is -2.13. The van der Waals surface area contributed by atoms with Crippen molar-refractivity contribution in [1.29, 1.82) is 0 Å². The molecule has 1 rings (SSSR count). The highest BCUT2D eigenvalue weighted by Crippen LogP contribution is 2.15. The fourth-order valence-corrected chi connectivity index (χ4v) is 1.27. The SMILES string of the molecule is NC(CCC(=O)O)c1ccc(Br)cn1. The van der Waals surface area contributed by atoms with Crippen LogP contribution in [0.3, 0.4) is 0 Å². The molecule has 76 valence electrons. The zero-order valence-electron chi connectivity index (χ0n) is 7.48. The first-order valence-electron chi connectivity index (χ1n) is 4.18. The Morgan fingerprint density at radius 2 is 2.36 bits per heavy atom. The number of nitrogens with zero attached hydrogens (tertiary/aromatic N) is 1. The van der Waals surface area contributed by atoms with Crippen molar-refractivity contribution in [2.75, 3.05) is 0 Å². The van der Waals surface area contributed by atoms with Gasteiger partial charge in [0.15, 0.2) is 0 Å². The summed E-state index contributed by atoms with van der Waals surface area (Å²) in [5, 5.41) is 8.47. The van der Waals surface area contributed by atoms with Crippen LogP contribution in [0, 0.1) is 0 Å². The highest BCUT2D eigenvalue weighted by Gasteiger charge is 2.09. The Balaban J connectivity index is 2.56. The average molecular weight is 259 g/mol. The van der Waals surface area contributed by atoms with Crippen LogP contribution < -0.4 is 5.73 Å². The van der Waals surface area contributed by atoms with Crippen molar-refractivity contribution >= 4 is 21.9 Å². The van der Waals surface area contributed by atoms with E-state index in [4.69, 9.17) is 10.8 Å². The van der Waals surface area contributed by atoms with Crippen LogP contribution >= 0.6 is 15.9 Å². The first kappa shape index (κ1) is 11.1. The van der Waals surface area contributed by atoms with Gasteiger partial charge >= 0.3 is 5.97 Å². The van der Waals surface area contributed by atoms with Gasteiger partial charge in [0.1, 0.15) is 0 Å². The minimum Gasteiger partial charge on any atom is -0.481 e. The number of pyridine rings is 1. The van der Waals surface area contributed by atoms with Crippen molar-refractivity contribution in [3.05, 3.63) is 28.5 Å². The molecule has 1 aromatic heterocycles. The molecular formula is C9H11BrN2O2. The molecule has 0 aliphatic heterocycles. The standard InChI is InChI=1S/C9H11BrN2O2/c10-6-1-3-8(12-5-6)7(11)2-4-9(13)14/h1,3,5,7H,2,4,11H2,(H,13,14). The van der Waals surface area contributed by atoms with Crippen LogP contribution in [-0.4, -0.2) is 16.1 Å². The Kier molecular flexibility index (Phi) is 4.03. The predicted octanol–water partition coefficient (Wildman–Crippen LogP) is 1.71. The van der Waals surface area contributed by atoms with Crippen LogP contribution in [0.4, 0.5) is 0 Å². The number of rotatable bonds is 4. The molecule has 14 heavy (non-hydrogen) atoms.